The summed E-state index contributed by atoms with van der Waals surface area (Å²) in [6.45, 7) is 13.5. The van der Waals surface area contributed by atoms with Crippen LogP contribution in [0.2, 0.25) is 0 Å². The third-order valence-corrected chi connectivity index (χ3v) is 15.2. The molecule has 0 spiro atoms. The molecule has 0 saturated carbocycles. The van der Waals surface area contributed by atoms with E-state index in [2.05, 4.69) is 46.0 Å². The van der Waals surface area contributed by atoms with Gasteiger partial charge in [-0.3, -0.25) is 9.80 Å². The fourth-order valence-electron chi connectivity index (χ4n) is 11.4. The smallest absolute Gasteiger partial charge is 0.408 e. The standard InChI is InChI=1S/C56H64N4O13S/c1-10-19-67-49-32(3)50-52(72-30-71-50)46-38(49)24-42-47-45-33(22-31(2)48(65-9)51(45)70-29-66-21-20-64-8)23-41(59(47)7)43(25-57)60(42)44(46)27-68-53(61)40(58-54(62)73-56(4,5)6)28-74-55(63)69-26-39-36-17-13-11-15-34(36)35-16-12-14-18-37(35)39/h10-18,22,39-44,47H,1,19-21,23-24,26-30H2,2-9H3,(H,58,62)/t40-,41-,42-,43-,44-,47-/m0/s1. The summed E-state index contributed by atoms with van der Waals surface area (Å²) in [5.41, 5.74) is 8.36. The second kappa shape index (κ2) is 22.2. The number of carbonyl (C=O) groups excluding carboxylic acids is 3. The van der Waals surface area contributed by atoms with Crippen molar-refractivity contribution in [2.75, 3.05) is 73.6 Å². The number of likely N-dealkylation sites (N-methyl/N-ethyl adjacent to an activating group) is 1. The number of nitrogens with one attached hydrogen (secondary N) is 1. The zero-order valence-corrected chi connectivity index (χ0v) is 44.0. The van der Waals surface area contributed by atoms with Crippen molar-refractivity contribution in [3.63, 3.8) is 0 Å². The monoisotopic (exact) mass is 1030 g/mol. The van der Waals surface area contributed by atoms with E-state index >= 15 is 0 Å². The predicted molar refractivity (Wildman–Crippen MR) is 275 cm³/mol. The Hall–Kier alpha value is -6.49. The lowest BCUT2D eigenvalue weighted by molar-refractivity contribution is -0.151. The van der Waals surface area contributed by atoms with Gasteiger partial charge in [0.1, 0.15) is 43.3 Å². The van der Waals surface area contributed by atoms with E-state index in [0.29, 0.717) is 60.4 Å². The number of piperazine rings is 1. The number of hydrogen-bond donors (Lipinski definition) is 1. The van der Waals surface area contributed by atoms with Crippen LogP contribution < -0.4 is 29.0 Å². The summed E-state index contributed by atoms with van der Waals surface area (Å²) in [6, 6.07) is 16.8. The molecular formula is C56H64N4O13S. The van der Waals surface area contributed by atoms with Gasteiger partial charge in [-0.05, 0) is 99.7 Å². The molecule has 0 aromatic heterocycles. The first kappa shape index (κ1) is 52.4. The number of hydrogen-bond acceptors (Lipinski definition) is 17. The zero-order chi connectivity index (χ0) is 52.4. The molecule has 74 heavy (non-hydrogen) atoms. The SMILES string of the molecule is C=CCOc1c(C)c2c(c3c1C[C@H]1[C@H]4c5c(cc(C)c(OC)c5OCOCCOC)C[C@@H]([C@H](C#N)N1[C@H]3COC(=O)[C@H](CSC(=O)OCC1c3ccccc3-c3ccccc31)NC(=O)OC(C)(C)C)N4C)OCO2. The van der Waals surface area contributed by atoms with E-state index in [9.17, 15) is 19.6 Å². The van der Waals surface area contributed by atoms with Crippen LogP contribution in [0.15, 0.2) is 67.3 Å². The van der Waals surface area contributed by atoms with Gasteiger partial charge >= 0.3 is 17.4 Å². The van der Waals surface area contributed by atoms with Crippen LogP contribution in [-0.2, 0) is 41.3 Å². The fourth-order valence-corrected chi connectivity index (χ4v) is 12.1. The number of ether oxygens (including phenoxy) is 10. The van der Waals surface area contributed by atoms with E-state index < -0.39 is 53.2 Å². The Kier molecular flexibility index (Phi) is 15.7. The van der Waals surface area contributed by atoms with Gasteiger partial charge in [-0.1, -0.05) is 67.3 Å². The number of fused-ring (bicyclic) bond motifs is 12. The minimum Gasteiger partial charge on any atom is -0.493 e. The fraction of sp³-hybridized carbons (Fsp3) is 0.464. The maximum absolute atomic E-state index is 14.7. The highest BCUT2D eigenvalue weighted by Crippen LogP contribution is 2.59. The second-order valence-corrected chi connectivity index (χ2v) is 20.9. The predicted octanol–water partition coefficient (Wildman–Crippen LogP) is 8.50. The number of nitrogens with zero attached hydrogens (tertiary/aromatic N) is 3. The third kappa shape index (κ3) is 10.1. The van der Waals surface area contributed by atoms with Crippen LogP contribution in [0.1, 0.15) is 83.3 Å². The molecule has 2 bridgehead atoms. The molecule has 4 heterocycles. The second-order valence-electron chi connectivity index (χ2n) is 19.9. The summed E-state index contributed by atoms with van der Waals surface area (Å²) >= 11 is 0.748. The first-order valence-corrected chi connectivity index (χ1v) is 25.8. The number of nitriles is 1. The molecule has 1 amide bonds. The maximum atomic E-state index is 14.7. The average Bonchev–Trinajstić information content (AvgIpc) is 3.99. The van der Waals surface area contributed by atoms with E-state index in [1.54, 1.807) is 41.1 Å². The lowest BCUT2D eigenvalue weighted by Gasteiger charge is -2.60. The molecular weight excluding hydrogens is 969 g/mol. The van der Waals surface area contributed by atoms with Gasteiger partial charge in [-0.2, -0.15) is 5.26 Å². The number of rotatable bonds is 18. The molecule has 0 radical (unpaired) electrons. The van der Waals surface area contributed by atoms with Gasteiger partial charge in [0, 0.05) is 53.1 Å². The average molecular weight is 1030 g/mol. The minimum atomic E-state index is -1.36. The van der Waals surface area contributed by atoms with Gasteiger partial charge in [0.25, 0.3) is 0 Å². The van der Waals surface area contributed by atoms with Crippen LogP contribution in [0.25, 0.3) is 11.1 Å². The Morgan fingerprint density at radius 1 is 0.919 bits per heavy atom. The molecule has 18 heteroatoms. The van der Waals surface area contributed by atoms with Crippen LogP contribution >= 0.6 is 11.8 Å². The number of aryl methyl sites for hydroxylation is 1. The number of thioether (sulfide) groups is 1. The van der Waals surface area contributed by atoms with Crippen LogP contribution in [0.4, 0.5) is 9.59 Å². The number of methoxy groups -OCH3 is 2. The van der Waals surface area contributed by atoms with E-state index in [-0.39, 0.29) is 51.1 Å². The molecule has 9 rings (SSSR count). The van der Waals surface area contributed by atoms with Gasteiger partial charge in [0.15, 0.2) is 29.8 Å². The molecule has 4 aromatic carbocycles. The van der Waals surface area contributed by atoms with Gasteiger partial charge < -0.3 is 52.7 Å². The highest BCUT2D eigenvalue weighted by Gasteiger charge is 2.57. The molecule has 5 aliphatic rings. The molecule has 4 aromatic rings. The Balaban J connectivity index is 1.05. The minimum absolute atomic E-state index is 0.0617. The first-order chi connectivity index (χ1) is 35.7. The highest BCUT2D eigenvalue weighted by molar-refractivity contribution is 8.13. The van der Waals surface area contributed by atoms with Crippen molar-refractivity contribution in [3.05, 3.63) is 112 Å². The molecule has 1 N–H and O–H groups in total. The summed E-state index contributed by atoms with van der Waals surface area (Å²) in [6.07, 6.45) is 1.66. The van der Waals surface area contributed by atoms with Crippen molar-refractivity contribution in [3.8, 4) is 45.9 Å². The first-order valence-electron chi connectivity index (χ1n) is 24.8. The van der Waals surface area contributed by atoms with Crippen molar-refractivity contribution in [2.24, 2.45) is 0 Å². The number of benzene rings is 4. The van der Waals surface area contributed by atoms with E-state index in [1.165, 1.54) is 0 Å². The topological polar surface area (TPSA) is 186 Å². The van der Waals surface area contributed by atoms with Gasteiger partial charge in [-0.25, -0.2) is 14.4 Å². The normalized spacial score (nSPS) is 20.6. The van der Waals surface area contributed by atoms with Crippen molar-refractivity contribution in [1.29, 1.82) is 5.26 Å². The molecule has 1 fully saturated rings. The molecule has 17 nitrogen and oxygen atoms in total. The van der Waals surface area contributed by atoms with Crippen LogP contribution in [0, 0.1) is 25.2 Å². The Morgan fingerprint density at radius 3 is 2.31 bits per heavy atom. The van der Waals surface area contributed by atoms with E-state index in [4.69, 9.17) is 47.4 Å². The summed E-state index contributed by atoms with van der Waals surface area (Å²) in [7, 11) is 5.24. The number of alkyl carbamates (subject to hydrolysis) is 1. The maximum Gasteiger partial charge on any atom is 0.408 e. The van der Waals surface area contributed by atoms with E-state index in [0.717, 1.165) is 61.8 Å². The van der Waals surface area contributed by atoms with Gasteiger partial charge in [0.2, 0.25) is 6.79 Å². The summed E-state index contributed by atoms with van der Waals surface area (Å²) in [5.74, 6) is 1.38. The molecule has 0 unspecified atom stereocenters. The molecule has 392 valence electrons. The van der Waals surface area contributed by atoms with Crippen molar-refractivity contribution < 1.29 is 61.8 Å². The number of carbonyl (C=O) groups is 3. The Bertz CT molecular complexity index is 2800. The van der Waals surface area contributed by atoms with Crippen LogP contribution in [-0.4, -0.2) is 131 Å². The number of amides is 1. The van der Waals surface area contributed by atoms with Gasteiger partial charge in [-0.15, -0.1) is 0 Å². The Morgan fingerprint density at radius 2 is 1.64 bits per heavy atom. The lowest BCUT2D eigenvalue weighted by Crippen LogP contribution is -2.68. The number of esters is 1. The lowest BCUT2D eigenvalue weighted by atomic mass is 9.71. The molecule has 1 saturated heterocycles. The zero-order valence-electron chi connectivity index (χ0n) is 43.2. The van der Waals surface area contributed by atoms with Crippen molar-refractivity contribution >= 4 is 29.1 Å². The molecule has 1 aliphatic carbocycles. The summed E-state index contributed by atoms with van der Waals surface area (Å²) in [5, 5.41) is 13.4. The Labute approximate surface area is 436 Å². The van der Waals surface area contributed by atoms with Crippen molar-refractivity contribution in [2.45, 2.75) is 95.2 Å². The summed E-state index contributed by atoms with van der Waals surface area (Å²) < 4.78 is 60.3. The van der Waals surface area contributed by atoms with E-state index in [1.807, 2.05) is 57.3 Å². The highest BCUT2D eigenvalue weighted by atomic mass is 32.2. The molecule has 6 atom stereocenters. The molecule has 4 aliphatic heterocycles. The third-order valence-electron chi connectivity index (χ3n) is 14.4. The quantitative estimate of drug-likeness (QED) is 0.0328. The van der Waals surface area contributed by atoms with Crippen LogP contribution in [0.5, 0.6) is 28.7 Å². The van der Waals surface area contributed by atoms with Crippen LogP contribution in [0.3, 0.4) is 0 Å². The summed E-state index contributed by atoms with van der Waals surface area (Å²) in [4.78, 5) is 46.1. The largest absolute Gasteiger partial charge is 0.493 e. The van der Waals surface area contributed by atoms with Crippen molar-refractivity contribution in [1.82, 2.24) is 15.1 Å². The van der Waals surface area contributed by atoms with Gasteiger partial charge in [0.05, 0.1) is 38.5 Å².